The van der Waals surface area contributed by atoms with Gasteiger partial charge in [-0.2, -0.15) is 0 Å². The molecule has 0 aliphatic rings. The van der Waals surface area contributed by atoms with Crippen molar-refractivity contribution in [2.24, 2.45) is 0 Å². The van der Waals surface area contributed by atoms with Gasteiger partial charge in [-0.05, 0) is 31.2 Å². The first-order valence-electron chi connectivity index (χ1n) is 5.65. The zero-order chi connectivity index (χ0) is 13.7. The highest BCUT2D eigenvalue weighted by atomic mass is 32.2. The zero-order valence-corrected chi connectivity index (χ0v) is 11.9. The number of anilines is 1. The molecule has 1 aromatic rings. The van der Waals surface area contributed by atoms with Gasteiger partial charge in [0.15, 0.2) is 0 Å². The van der Waals surface area contributed by atoms with E-state index >= 15 is 0 Å². The minimum Gasteiger partial charge on any atom is -0.348 e. The lowest BCUT2D eigenvalue weighted by Crippen LogP contribution is -2.29. The number of rotatable bonds is 4. The maximum atomic E-state index is 11.7. The van der Waals surface area contributed by atoms with Gasteiger partial charge < -0.3 is 10.2 Å². The highest BCUT2D eigenvalue weighted by Gasteiger charge is 2.15. The molecule has 5 heteroatoms. The topological polar surface area (TPSA) is 49.4 Å². The second-order valence-electron chi connectivity index (χ2n) is 4.20. The standard InChI is InChI=1S/C13H18N2O2S/c1-9(13(17)15(3)4)18-12-7-5-11(6-8-12)14-10(2)16/h5-9H,1-4H3,(H,14,16). The van der Waals surface area contributed by atoms with Crippen molar-refractivity contribution in [1.82, 2.24) is 4.90 Å². The van der Waals surface area contributed by atoms with Gasteiger partial charge in [-0.25, -0.2) is 0 Å². The Morgan fingerprint density at radius 3 is 2.22 bits per heavy atom. The third-order valence-corrected chi connectivity index (χ3v) is 3.38. The van der Waals surface area contributed by atoms with E-state index in [-0.39, 0.29) is 17.1 Å². The second-order valence-corrected chi connectivity index (χ2v) is 5.61. The number of amides is 2. The fourth-order valence-corrected chi connectivity index (χ4v) is 2.45. The summed E-state index contributed by atoms with van der Waals surface area (Å²) >= 11 is 1.50. The molecule has 1 unspecified atom stereocenters. The lowest BCUT2D eigenvalue weighted by atomic mass is 10.3. The summed E-state index contributed by atoms with van der Waals surface area (Å²) in [7, 11) is 3.50. The van der Waals surface area contributed by atoms with Crippen LogP contribution in [0.2, 0.25) is 0 Å². The molecule has 0 heterocycles. The second kappa shape index (κ2) is 6.44. The molecule has 1 N–H and O–H groups in total. The van der Waals surface area contributed by atoms with Crippen LogP contribution in [-0.4, -0.2) is 36.1 Å². The first-order chi connectivity index (χ1) is 8.40. The van der Waals surface area contributed by atoms with E-state index in [2.05, 4.69) is 5.32 Å². The summed E-state index contributed by atoms with van der Waals surface area (Å²) in [5.41, 5.74) is 0.762. The number of hydrogen-bond acceptors (Lipinski definition) is 3. The van der Waals surface area contributed by atoms with Gasteiger partial charge in [0, 0.05) is 31.6 Å². The van der Waals surface area contributed by atoms with Crippen molar-refractivity contribution < 1.29 is 9.59 Å². The van der Waals surface area contributed by atoms with Gasteiger partial charge in [0.1, 0.15) is 0 Å². The summed E-state index contributed by atoms with van der Waals surface area (Å²) in [5.74, 6) is -0.00232. The largest absolute Gasteiger partial charge is 0.348 e. The van der Waals surface area contributed by atoms with Crippen molar-refractivity contribution >= 4 is 29.3 Å². The lowest BCUT2D eigenvalue weighted by Gasteiger charge is -2.16. The van der Waals surface area contributed by atoms with Gasteiger partial charge in [-0.3, -0.25) is 9.59 Å². The van der Waals surface area contributed by atoms with Crippen molar-refractivity contribution in [2.45, 2.75) is 24.0 Å². The molecule has 0 aliphatic heterocycles. The first-order valence-corrected chi connectivity index (χ1v) is 6.53. The maximum absolute atomic E-state index is 11.7. The molecule has 4 nitrogen and oxygen atoms in total. The Morgan fingerprint density at radius 2 is 1.78 bits per heavy atom. The molecule has 0 fully saturated rings. The molecule has 2 amide bonds. The summed E-state index contributed by atoms with van der Waals surface area (Å²) in [5, 5.41) is 2.58. The van der Waals surface area contributed by atoms with E-state index in [0.717, 1.165) is 10.6 Å². The van der Waals surface area contributed by atoms with Crippen LogP contribution < -0.4 is 5.32 Å². The summed E-state index contributed by atoms with van der Waals surface area (Å²) in [6.45, 7) is 3.36. The molecule has 98 valence electrons. The Bertz CT molecular complexity index is 429. The molecule has 0 radical (unpaired) electrons. The van der Waals surface area contributed by atoms with Crippen molar-refractivity contribution in [2.75, 3.05) is 19.4 Å². The average Bonchev–Trinajstić information content (AvgIpc) is 2.29. The molecule has 1 atom stereocenters. The SMILES string of the molecule is CC(=O)Nc1ccc(SC(C)C(=O)N(C)C)cc1. The third-order valence-electron chi connectivity index (χ3n) is 2.28. The Hall–Kier alpha value is -1.49. The van der Waals surface area contributed by atoms with Crippen LogP contribution in [0.4, 0.5) is 5.69 Å². The Kier molecular flexibility index (Phi) is 5.22. The number of carbonyl (C=O) groups excluding carboxylic acids is 2. The Balaban J connectivity index is 2.63. The number of thioether (sulfide) groups is 1. The van der Waals surface area contributed by atoms with Crippen molar-refractivity contribution in [3.63, 3.8) is 0 Å². The van der Waals surface area contributed by atoms with Crippen LogP contribution in [0.3, 0.4) is 0 Å². The van der Waals surface area contributed by atoms with Gasteiger partial charge in [-0.15, -0.1) is 11.8 Å². The monoisotopic (exact) mass is 266 g/mol. The maximum Gasteiger partial charge on any atom is 0.235 e. The summed E-state index contributed by atoms with van der Waals surface area (Å²) < 4.78 is 0. The van der Waals surface area contributed by atoms with E-state index in [9.17, 15) is 9.59 Å². The fourth-order valence-electron chi connectivity index (χ4n) is 1.44. The number of nitrogens with one attached hydrogen (secondary N) is 1. The third kappa shape index (κ3) is 4.41. The molecule has 0 saturated carbocycles. The number of nitrogens with zero attached hydrogens (tertiary/aromatic N) is 1. The molecule has 0 aliphatic carbocycles. The van der Waals surface area contributed by atoms with E-state index in [1.165, 1.54) is 18.7 Å². The van der Waals surface area contributed by atoms with Crippen LogP contribution in [0.1, 0.15) is 13.8 Å². The van der Waals surface area contributed by atoms with E-state index in [1.807, 2.05) is 31.2 Å². The highest BCUT2D eigenvalue weighted by Crippen LogP contribution is 2.25. The van der Waals surface area contributed by atoms with E-state index in [1.54, 1.807) is 19.0 Å². The highest BCUT2D eigenvalue weighted by molar-refractivity contribution is 8.00. The van der Waals surface area contributed by atoms with Crippen molar-refractivity contribution in [3.05, 3.63) is 24.3 Å². The van der Waals surface area contributed by atoms with Gasteiger partial charge in [0.05, 0.1) is 5.25 Å². The molecule has 0 saturated heterocycles. The van der Waals surface area contributed by atoms with Crippen LogP contribution in [-0.2, 0) is 9.59 Å². The van der Waals surface area contributed by atoms with E-state index < -0.39 is 0 Å². The van der Waals surface area contributed by atoms with Gasteiger partial charge in [-0.1, -0.05) is 0 Å². The fraction of sp³-hybridized carbons (Fsp3) is 0.385. The number of carbonyl (C=O) groups is 2. The van der Waals surface area contributed by atoms with Crippen LogP contribution in [0.25, 0.3) is 0 Å². The average molecular weight is 266 g/mol. The van der Waals surface area contributed by atoms with E-state index in [4.69, 9.17) is 0 Å². The molecule has 18 heavy (non-hydrogen) atoms. The first kappa shape index (κ1) is 14.6. The zero-order valence-electron chi connectivity index (χ0n) is 11.1. The number of hydrogen-bond donors (Lipinski definition) is 1. The predicted molar refractivity (Wildman–Crippen MR) is 74.8 cm³/mol. The van der Waals surface area contributed by atoms with Crippen LogP contribution in [0, 0.1) is 0 Å². The lowest BCUT2D eigenvalue weighted by molar-refractivity contribution is -0.127. The minimum absolute atomic E-state index is 0.0888. The van der Waals surface area contributed by atoms with Gasteiger partial charge in [0.2, 0.25) is 11.8 Å². The van der Waals surface area contributed by atoms with E-state index in [0.29, 0.717) is 0 Å². The molecule has 1 aromatic carbocycles. The Morgan fingerprint density at radius 1 is 1.22 bits per heavy atom. The Labute approximate surface area is 112 Å². The van der Waals surface area contributed by atoms with Crippen molar-refractivity contribution in [1.29, 1.82) is 0 Å². The number of benzene rings is 1. The smallest absolute Gasteiger partial charge is 0.235 e. The van der Waals surface area contributed by atoms with Crippen LogP contribution >= 0.6 is 11.8 Å². The molecular weight excluding hydrogens is 248 g/mol. The van der Waals surface area contributed by atoms with Crippen LogP contribution in [0.5, 0.6) is 0 Å². The van der Waals surface area contributed by atoms with Crippen LogP contribution in [0.15, 0.2) is 29.2 Å². The summed E-state index contributed by atoms with van der Waals surface area (Å²) in [6, 6.07) is 7.46. The quantitative estimate of drug-likeness (QED) is 0.850. The van der Waals surface area contributed by atoms with Gasteiger partial charge in [0.25, 0.3) is 0 Å². The van der Waals surface area contributed by atoms with Gasteiger partial charge >= 0.3 is 0 Å². The molecule has 0 spiro atoms. The molecule has 0 aromatic heterocycles. The molecule has 0 bridgehead atoms. The molecular formula is C13H18N2O2S. The minimum atomic E-state index is -0.119. The molecule has 1 rings (SSSR count). The summed E-state index contributed by atoms with van der Waals surface area (Å²) in [4.78, 5) is 25.2. The van der Waals surface area contributed by atoms with Crippen molar-refractivity contribution in [3.8, 4) is 0 Å². The summed E-state index contributed by atoms with van der Waals surface area (Å²) in [6.07, 6.45) is 0. The predicted octanol–water partition coefficient (Wildman–Crippen LogP) is 2.21. The normalized spacial score (nSPS) is 11.8.